The molecule has 6 nitrogen and oxygen atoms in total. The Morgan fingerprint density at radius 2 is 1.71 bits per heavy atom. The van der Waals surface area contributed by atoms with Crippen LogP contribution in [0.25, 0.3) is 11.0 Å². The molecule has 0 aliphatic heterocycles. The van der Waals surface area contributed by atoms with E-state index in [1.165, 1.54) is 32.8 Å². The van der Waals surface area contributed by atoms with E-state index in [-0.39, 0.29) is 11.5 Å². The highest BCUT2D eigenvalue weighted by Gasteiger charge is 2.23. The molecule has 3 rings (SSSR count). The lowest BCUT2D eigenvalue weighted by Gasteiger charge is -2.21. The maximum atomic E-state index is 13.2. The molecule has 0 aliphatic rings. The van der Waals surface area contributed by atoms with Gasteiger partial charge in [0.15, 0.2) is 5.75 Å². The van der Waals surface area contributed by atoms with Gasteiger partial charge < -0.3 is 18.9 Å². The molecule has 182 valence electrons. The summed E-state index contributed by atoms with van der Waals surface area (Å²) in [5.74, 6) is 0.535. The van der Waals surface area contributed by atoms with Crippen molar-refractivity contribution in [2.45, 2.75) is 46.0 Å². The second-order valence-electron chi connectivity index (χ2n) is 8.38. The van der Waals surface area contributed by atoms with E-state index in [0.29, 0.717) is 23.5 Å². The molecule has 6 heteroatoms. The molecule has 0 spiro atoms. The summed E-state index contributed by atoms with van der Waals surface area (Å²) in [6, 6.07) is 14.8. The Morgan fingerprint density at radius 1 is 1.00 bits per heavy atom. The summed E-state index contributed by atoms with van der Waals surface area (Å²) in [5.41, 5.74) is 2.01. The smallest absolute Gasteiger partial charge is 0.232 e. The van der Waals surface area contributed by atoms with Crippen molar-refractivity contribution in [1.29, 1.82) is 0 Å². The largest absolute Gasteiger partial charge is 0.489 e. The predicted octanol–water partition coefficient (Wildman–Crippen LogP) is 6.32. The van der Waals surface area contributed by atoms with Crippen LogP contribution in [0.1, 0.15) is 67.6 Å². The van der Waals surface area contributed by atoms with Gasteiger partial charge in [0, 0.05) is 12.1 Å². The zero-order chi connectivity index (χ0) is 24.2. The van der Waals surface area contributed by atoms with E-state index < -0.39 is 0 Å². The van der Waals surface area contributed by atoms with Crippen LogP contribution in [0.15, 0.2) is 58.1 Å². The molecule has 0 radical (unpaired) electrons. The highest BCUT2D eigenvalue weighted by atomic mass is 16.6. The van der Waals surface area contributed by atoms with Crippen molar-refractivity contribution in [1.82, 2.24) is 4.90 Å². The number of rotatable bonds is 15. The Labute approximate surface area is 202 Å². The molecule has 1 aromatic heterocycles. The third-order valence-electron chi connectivity index (χ3n) is 5.74. The number of carbonyl (C=O) groups excluding carboxylic acids is 1. The van der Waals surface area contributed by atoms with Crippen molar-refractivity contribution >= 4 is 23.0 Å². The van der Waals surface area contributed by atoms with Gasteiger partial charge in [-0.05, 0) is 56.1 Å². The summed E-state index contributed by atoms with van der Waals surface area (Å²) in [6.45, 7) is 8.17. The van der Waals surface area contributed by atoms with Gasteiger partial charge in [0.25, 0.3) is 0 Å². The van der Waals surface area contributed by atoms with E-state index in [1.54, 1.807) is 18.3 Å². The van der Waals surface area contributed by atoms with Crippen molar-refractivity contribution in [3.8, 4) is 5.75 Å². The molecule has 0 bridgehead atoms. The summed E-state index contributed by atoms with van der Waals surface area (Å²) >= 11 is 0. The van der Waals surface area contributed by atoms with Crippen LogP contribution in [-0.4, -0.2) is 50.2 Å². The molecular formula is C28H36N2O4. The Balaban J connectivity index is 1.81. The van der Waals surface area contributed by atoms with Gasteiger partial charge in [-0.1, -0.05) is 62.2 Å². The number of fused-ring (bicyclic) bond motifs is 1. The zero-order valence-electron chi connectivity index (χ0n) is 20.6. The van der Waals surface area contributed by atoms with Gasteiger partial charge in [-0.15, -0.1) is 0 Å². The molecule has 1 heterocycles. The first kappa shape index (κ1) is 25.5. The van der Waals surface area contributed by atoms with Crippen LogP contribution >= 0.6 is 0 Å². The number of hydrogen-bond donors (Lipinski definition) is 0. The van der Waals surface area contributed by atoms with Crippen LogP contribution in [0.4, 0.5) is 0 Å². The van der Waals surface area contributed by atoms with E-state index >= 15 is 0 Å². The van der Waals surface area contributed by atoms with Crippen molar-refractivity contribution in [2.24, 2.45) is 5.16 Å². The zero-order valence-corrected chi connectivity index (χ0v) is 20.6. The first-order chi connectivity index (χ1) is 16.7. The predicted molar refractivity (Wildman–Crippen MR) is 137 cm³/mol. The lowest BCUT2D eigenvalue weighted by molar-refractivity contribution is 0.100. The minimum atomic E-state index is -0.188. The number of benzene rings is 2. The number of furan rings is 1. The number of unbranched alkanes of at least 4 members (excludes halogenated alkanes) is 2. The molecule has 0 saturated heterocycles. The summed E-state index contributed by atoms with van der Waals surface area (Å²) in [7, 11) is 1.50. The first-order valence-electron chi connectivity index (χ1n) is 12.3. The molecule has 0 fully saturated rings. The second-order valence-corrected chi connectivity index (χ2v) is 8.38. The van der Waals surface area contributed by atoms with Gasteiger partial charge in [0.1, 0.15) is 12.7 Å². The van der Waals surface area contributed by atoms with Gasteiger partial charge in [-0.2, -0.15) is 0 Å². The fourth-order valence-electron chi connectivity index (χ4n) is 3.86. The monoisotopic (exact) mass is 464 g/mol. The molecule has 0 saturated carbocycles. The van der Waals surface area contributed by atoms with E-state index in [4.69, 9.17) is 14.0 Å². The van der Waals surface area contributed by atoms with Crippen molar-refractivity contribution in [3.63, 3.8) is 0 Å². The van der Waals surface area contributed by atoms with Crippen LogP contribution < -0.4 is 4.74 Å². The van der Waals surface area contributed by atoms with Crippen LogP contribution in [0, 0.1) is 0 Å². The first-order valence-corrected chi connectivity index (χ1v) is 12.3. The lowest BCUT2D eigenvalue weighted by atomic mass is 10.1. The number of ketones is 1. The van der Waals surface area contributed by atoms with Crippen LogP contribution in [0.5, 0.6) is 5.75 Å². The molecule has 0 unspecified atom stereocenters. The van der Waals surface area contributed by atoms with Crippen LogP contribution in [0.2, 0.25) is 0 Å². The fourth-order valence-corrected chi connectivity index (χ4v) is 3.86. The van der Waals surface area contributed by atoms with Gasteiger partial charge in [-0.25, -0.2) is 0 Å². The Morgan fingerprint density at radius 3 is 2.38 bits per heavy atom. The van der Waals surface area contributed by atoms with E-state index in [0.717, 1.165) is 37.0 Å². The highest BCUT2D eigenvalue weighted by molar-refractivity contribution is 6.12. The summed E-state index contributed by atoms with van der Waals surface area (Å²) < 4.78 is 12.2. The average Bonchev–Trinajstić information content (AvgIpc) is 3.24. The van der Waals surface area contributed by atoms with Crippen LogP contribution in [-0.2, 0) is 4.84 Å². The summed E-state index contributed by atoms with van der Waals surface area (Å²) in [6.07, 6.45) is 7.30. The third kappa shape index (κ3) is 6.94. The Hall–Kier alpha value is -3.12. The van der Waals surface area contributed by atoms with Gasteiger partial charge in [0.05, 0.1) is 18.2 Å². The Bertz CT molecular complexity index is 1050. The van der Waals surface area contributed by atoms with Crippen molar-refractivity contribution in [3.05, 3.63) is 65.4 Å². The highest BCUT2D eigenvalue weighted by Crippen LogP contribution is 2.35. The molecule has 0 N–H and O–H groups in total. The Kier molecular flexibility index (Phi) is 10.2. The molecule has 34 heavy (non-hydrogen) atoms. The SMILES string of the molecule is CCCCN(CCCC)CCCOc1c(C(=O)c2ccccc2)oc2ccc(/C=N/OC)cc12. The minimum absolute atomic E-state index is 0.188. The standard InChI is InChI=1S/C28H36N2O4/c1-4-6-16-30(17-7-5-2)18-11-19-33-27-24-20-22(21-29-32-3)14-15-25(24)34-28(27)26(31)23-12-9-8-10-13-23/h8-10,12-15,20-21H,4-7,11,16-19H2,1-3H3/b29-21+. The van der Waals surface area contributed by atoms with Gasteiger partial charge >= 0.3 is 0 Å². The molecule has 0 amide bonds. The van der Waals surface area contributed by atoms with Gasteiger partial charge in [0.2, 0.25) is 11.5 Å². The van der Waals surface area contributed by atoms with Crippen molar-refractivity contribution in [2.75, 3.05) is 33.4 Å². The fraction of sp³-hybridized carbons (Fsp3) is 0.429. The lowest BCUT2D eigenvalue weighted by Crippen LogP contribution is -2.28. The van der Waals surface area contributed by atoms with Crippen LogP contribution in [0.3, 0.4) is 0 Å². The normalized spacial score (nSPS) is 11.5. The average molecular weight is 465 g/mol. The van der Waals surface area contributed by atoms with Crippen molar-refractivity contribution < 1.29 is 18.8 Å². The quantitative estimate of drug-likeness (QED) is 0.114. The molecule has 2 aromatic carbocycles. The third-order valence-corrected chi connectivity index (χ3v) is 5.74. The molecular weight excluding hydrogens is 428 g/mol. The summed E-state index contributed by atoms with van der Waals surface area (Å²) in [5, 5.41) is 4.60. The summed E-state index contributed by atoms with van der Waals surface area (Å²) in [4.78, 5) is 20.6. The topological polar surface area (TPSA) is 64.3 Å². The molecule has 3 aromatic rings. The molecule has 0 aliphatic carbocycles. The van der Waals surface area contributed by atoms with E-state index in [1.807, 2.05) is 36.4 Å². The maximum Gasteiger partial charge on any atom is 0.232 e. The number of nitrogens with zero attached hydrogens (tertiary/aromatic N) is 2. The maximum absolute atomic E-state index is 13.2. The number of carbonyl (C=O) groups is 1. The molecule has 0 atom stereocenters. The second kappa shape index (κ2) is 13.6. The number of oxime groups is 1. The number of hydrogen-bond acceptors (Lipinski definition) is 6. The number of ether oxygens (including phenoxy) is 1. The minimum Gasteiger partial charge on any atom is -0.489 e. The van der Waals surface area contributed by atoms with Gasteiger partial charge in [-0.3, -0.25) is 4.79 Å². The van der Waals surface area contributed by atoms with E-state index in [2.05, 4.69) is 23.9 Å². The van der Waals surface area contributed by atoms with E-state index in [9.17, 15) is 4.79 Å².